The molecule has 1 N–H and O–H groups in total. The van der Waals surface area contributed by atoms with Crippen molar-refractivity contribution >= 4 is 11.6 Å². The van der Waals surface area contributed by atoms with Gasteiger partial charge in [-0.2, -0.15) is 0 Å². The highest BCUT2D eigenvalue weighted by Gasteiger charge is 2.07. The summed E-state index contributed by atoms with van der Waals surface area (Å²) in [7, 11) is 3.87. The molecule has 0 aliphatic rings. The topological polar surface area (TPSA) is 53.9 Å². The van der Waals surface area contributed by atoms with Gasteiger partial charge in [-0.1, -0.05) is 6.07 Å². The smallest absolute Gasteiger partial charge is 0.137 e. The van der Waals surface area contributed by atoms with Crippen LogP contribution in [0.1, 0.15) is 5.82 Å². The van der Waals surface area contributed by atoms with Crippen LogP contribution in [0.4, 0.5) is 11.6 Å². The molecular formula is C13H17N5. The molecule has 0 aliphatic heterocycles. The minimum absolute atomic E-state index is 0.820. The number of aromatic nitrogens is 3. The van der Waals surface area contributed by atoms with Crippen molar-refractivity contribution in [2.45, 2.75) is 6.42 Å². The second-order valence-electron chi connectivity index (χ2n) is 3.93. The molecule has 0 saturated carbocycles. The second kappa shape index (κ2) is 6.07. The van der Waals surface area contributed by atoms with Crippen LogP contribution in [-0.4, -0.2) is 35.6 Å². The number of hydrogen-bond acceptors (Lipinski definition) is 5. The maximum absolute atomic E-state index is 4.52. The van der Waals surface area contributed by atoms with Crippen LogP contribution in [0.3, 0.4) is 0 Å². The molecule has 5 nitrogen and oxygen atoms in total. The van der Waals surface area contributed by atoms with E-state index in [0.29, 0.717) is 0 Å². The minimum Gasteiger partial charge on any atom is -0.319 e. The number of rotatable bonds is 5. The lowest BCUT2D eigenvalue weighted by Gasteiger charge is -2.17. The Balaban J connectivity index is 2.17. The Morgan fingerprint density at radius 2 is 2.00 bits per heavy atom. The molecular weight excluding hydrogens is 226 g/mol. The van der Waals surface area contributed by atoms with E-state index in [-0.39, 0.29) is 0 Å². The molecule has 0 amide bonds. The average molecular weight is 243 g/mol. The molecule has 2 rings (SSSR count). The third kappa shape index (κ3) is 3.01. The number of anilines is 2. The highest BCUT2D eigenvalue weighted by atomic mass is 15.2. The van der Waals surface area contributed by atoms with Crippen LogP contribution in [0.5, 0.6) is 0 Å². The maximum Gasteiger partial charge on any atom is 0.137 e. The molecule has 2 aromatic heterocycles. The molecule has 0 spiro atoms. The van der Waals surface area contributed by atoms with Gasteiger partial charge in [0.15, 0.2) is 0 Å². The summed E-state index contributed by atoms with van der Waals surface area (Å²) in [6, 6.07) is 7.70. The monoisotopic (exact) mass is 243 g/mol. The first kappa shape index (κ1) is 12.4. The zero-order valence-electron chi connectivity index (χ0n) is 10.7. The molecule has 0 aliphatic carbocycles. The maximum atomic E-state index is 4.52. The summed E-state index contributed by atoms with van der Waals surface area (Å²) >= 11 is 0. The molecule has 0 saturated heterocycles. The largest absolute Gasteiger partial charge is 0.319 e. The number of nitrogens with one attached hydrogen (secondary N) is 1. The van der Waals surface area contributed by atoms with Gasteiger partial charge in [-0.3, -0.25) is 0 Å². The highest BCUT2D eigenvalue weighted by molar-refractivity contribution is 5.53. The number of hydrogen-bond donors (Lipinski definition) is 1. The van der Waals surface area contributed by atoms with Crippen molar-refractivity contribution < 1.29 is 0 Å². The van der Waals surface area contributed by atoms with Crippen molar-refractivity contribution in [2.75, 3.05) is 25.5 Å². The van der Waals surface area contributed by atoms with Crippen molar-refractivity contribution in [3.8, 4) is 0 Å². The Hall–Kier alpha value is -2.01. The third-order valence-corrected chi connectivity index (χ3v) is 2.63. The van der Waals surface area contributed by atoms with Gasteiger partial charge in [-0.05, 0) is 25.2 Å². The Kier molecular flexibility index (Phi) is 4.20. The third-order valence-electron chi connectivity index (χ3n) is 2.63. The van der Waals surface area contributed by atoms with Gasteiger partial charge in [0, 0.05) is 32.4 Å². The fraction of sp³-hybridized carbons (Fsp3) is 0.308. The van der Waals surface area contributed by atoms with Gasteiger partial charge in [-0.25, -0.2) is 15.0 Å². The number of pyridine rings is 1. The van der Waals surface area contributed by atoms with Gasteiger partial charge >= 0.3 is 0 Å². The summed E-state index contributed by atoms with van der Waals surface area (Å²) in [5.41, 5.74) is 0. The fourth-order valence-electron chi connectivity index (χ4n) is 1.60. The molecule has 2 aromatic rings. The van der Waals surface area contributed by atoms with Crippen molar-refractivity contribution in [2.24, 2.45) is 0 Å². The Morgan fingerprint density at radius 1 is 1.11 bits per heavy atom. The molecule has 5 heteroatoms. The van der Waals surface area contributed by atoms with E-state index >= 15 is 0 Å². The van der Waals surface area contributed by atoms with Crippen molar-refractivity contribution in [3.05, 3.63) is 42.5 Å². The fourth-order valence-corrected chi connectivity index (χ4v) is 1.60. The highest BCUT2D eigenvalue weighted by Crippen LogP contribution is 2.17. The molecule has 0 fully saturated rings. The Morgan fingerprint density at radius 3 is 2.72 bits per heavy atom. The summed E-state index contributed by atoms with van der Waals surface area (Å²) in [6.07, 6.45) is 4.38. The van der Waals surface area contributed by atoms with Crippen molar-refractivity contribution in [1.82, 2.24) is 20.3 Å². The minimum atomic E-state index is 0.820. The molecule has 0 bridgehead atoms. The zero-order valence-corrected chi connectivity index (χ0v) is 10.7. The quantitative estimate of drug-likeness (QED) is 0.860. The normalized spacial score (nSPS) is 10.3. The second-order valence-corrected chi connectivity index (χ2v) is 3.93. The average Bonchev–Trinajstić information content (AvgIpc) is 2.45. The number of nitrogens with zero attached hydrogens (tertiary/aromatic N) is 4. The standard InChI is InChI=1S/C13H17N5/c1-14-9-6-11-15-10-7-13(17-11)18(2)12-5-3-4-8-16-12/h3-5,7-8,10,14H,6,9H2,1-2H3. The Labute approximate surface area is 107 Å². The Bertz CT molecular complexity index is 486. The van der Waals surface area contributed by atoms with E-state index in [1.54, 1.807) is 12.4 Å². The van der Waals surface area contributed by atoms with E-state index in [0.717, 1.165) is 30.4 Å². The zero-order chi connectivity index (χ0) is 12.8. The van der Waals surface area contributed by atoms with Crippen LogP contribution in [0.15, 0.2) is 36.7 Å². The van der Waals surface area contributed by atoms with Gasteiger partial charge in [0.25, 0.3) is 0 Å². The van der Waals surface area contributed by atoms with E-state index in [1.807, 2.05) is 43.3 Å². The predicted octanol–water partition coefficient (Wildman–Crippen LogP) is 1.40. The van der Waals surface area contributed by atoms with Crippen LogP contribution < -0.4 is 10.2 Å². The first-order valence-corrected chi connectivity index (χ1v) is 5.92. The van der Waals surface area contributed by atoms with Crippen molar-refractivity contribution in [1.29, 1.82) is 0 Å². The molecule has 0 atom stereocenters. The molecule has 0 unspecified atom stereocenters. The van der Waals surface area contributed by atoms with E-state index in [9.17, 15) is 0 Å². The van der Waals surface area contributed by atoms with Gasteiger partial charge in [-0.15, -0.1) is 0 Å². The summed E-state index contributed by atoms with van der Waals surface area (Å²) in [4.78, 5) is 15.0. The first-order chi connectivity index (χ1) is 8.81. The van der Waals surface area contributed by atoms with Crippen LogP contribution in [0.25, 0.3) is 0 Å². The lowest BCUT2D eigenvalue weighted by Crippen LogP contribution is -2.16. The molecule has 0 radical (unpaired) electrons. The van der Waals surface area contributed by atoms with Gasteiger partial charge in [0.05, 0.1) is 0 Å². The summed E-state index contributed by atoms with van der Waals surface area (Å²) in [6.45, 7) is 0.872. The molecule has 2 heterocycles. The first-order valence-electron chi connectivity index (χ1n) is 5.92. The van der Waals surface area contributed by atoms with Crippen LogP contribution >= 0.6 is 0 Å². The number of likely N-dealkylation sites (N-methyl/N-ethyl adjacent to an activating group) is 1. The van der Waals surface area contributed by atoms with Crippen LogP contribution in [-0.2, 0) is 6.42 Å². The van der Waals surface area contributed by atoms with E-state index in [1.165, 1.54) is 0 Å². The van der Waals surface area contributed by atoms with Gasteiger partial charge < -0.3 is 10.2 Å². The molecule has 94 valence electrons. The van der Waals surface area contributed by atoms with Gasteiger partial charge in [0.1, 0.15) is 17.5 Å². The van der Waals surface area contributed by atoms with Crippen LogP contribution in [0, 0.1) is 0 Å². The summed E-state index contributed by atoms with van der Waals surface area (Å²) in [5.74, 6) is 2.57. The predicted molar refractivity (Wildman–Crippen MR) is 72.0 cm³/mol. The van der Waals surface area contributed by atoms with E-state index in [2.05, 4.69) is 20.3 Å². The van der Waals surface area contributed by atoms with E-state index in [4.69, 9.17) is 0 Å². The summed E-state index contributed by atoms with van der Waals surface area (Å²) < 4.78 is 0. The van der Waals surface area contributed by atoms with Gasteiger partial charge in [0.2, 0.25) is 0 Å². The lowest BCUT2D eigenvalue weighted by molar-refractivity contribution is 0.754. The van der Waals surface area contributed by atoms with E-state index < -0.39 is 0 Å². The lowest BCUT2D eigenvalue weighted by atomic mass is 10.3. The SMILES string of the molecule is CNCCc1nccc(N(C)c2ccccn2)n1. The molecule has 0 aromatic carbocycles. The summed E-state index contributed by atoms with van der Waals surface area (Å²) in [5, 5.41) is 3.09. The molecule has 18 heavy (non-hydrogen) atoms. The van der Waals surface area contributed by atoms with Crippen LogP contribution in [0.2, 0.25) is 0 Å². The van der Waals surface area contributed by atoms with Crippen molar-refractivity contribution in [3.63, 3.8) is 0 Å².